The van der Waals surface area contributed by atoms with E-state index in [0.29, 0.717) is 30.5 Å². The predicted molar refractivity (Wildman–Crippen MR) is 97.4 cm³/mol. The summed E-state index contributed by atoms with van der Waals surface area (Å²) < 4.78 is 19.0. The average molecular weight is 366 g/mol. The molecule has 2 atom stereocenters. The number of nitrogens with zero attached hydrogens (tertiary/aromatic N) is 2. The molecule has 1 aromatic rings. The number of nitrogen functional groups attached to an aromatic ring is 1. The Bertz CT molecular complexity index is 650. The van der Waals surface area contributed by atoms with Crippen molar-refractivity contribution in [2.24, 2.45) is 11.1 Å². The molecule has 1 aromatic heterocycles. The minimum Gasteiger partial charge on any atom is -0.394 e. The summed E-state index contributed by atoms with van der Waals surface area (Å²) in [7, 11) is 0. The number of hydrogen-bond acceptors (Lipinski definition) is 7. The molecule has 0 unspecified atom stereocenters. The van der Waals surface area contributed by atoms with E-state index in [4.69, 9.17) is 16.2 Å². The van der Waals surface area contributed by atoms with Gasteiger partial charge in [0.15, 0.2) is 5.82 Å². The summed E-state index contributed by atoms with van der Waals surface area (Å²) in [5.74, 6) is 0.618. The lowest BCUT2D eigenvalue weighted by molar-refractivity contribution is -0.128. The van der Waals surface area contributed by atoms with Gasteiger partial charge in [0.2, 0.25) is 11.9 Å². The van der Waals surface area contributed by atoms with Gasteiger partial charge in [-0.3, -0.25) is 4.79 Å². The summed E-state index contributed by atoms with van der Waals surface area (Å²) in [6.45, 7) is 2.51. The van der Waals surface area contributed by atoms with Crippen molar-refractivity contribution < 1.29 is 13.9 Å². The second-order valence-corrected chi connectivity index (χ2v) is 7.47. The monoisotopic (exact) mass is 366 g/mol. The fraction of sp³-hybridized carbons (Fsp3) is 0.706. The van der Waals surface area contributed by atoms with Crippen LogP contribution < -0.4 is 22.1 Å². The van der Waals surface area contributed by atoms with Gasteiger partial charge in [0, 0.05) is 18.1 Å². The van der Waals surface area contributed by atoms with Gasteiger partial charge in [-0.2, -0.15) is 4.98 Å². The Morgan fingerprint density at radius 3 is 2.73 bits per heavy atom. The smallest absolute Gasteiger partial charge is 0.225 e. The minimum atomic E-state index is -1.09. The average Bonchev–Trinajstić information content (AvgIpc) is 2.62. The van der Waals surface area contributed by atoms with Crippen LogP contribution in [0.3, 0.4) is 0 Å². The Balaban J connectivity index is 1.62. The van der Waals surface area contributed by atoms with Crippen LogP contribution in [0.4, 0.5) is 21.8 Å². The molecule has 3 rings (SSSR count). The van der Waals surface area contributed by atoms with E-state index in [0.717, 1.165) is 25.7 Å². The molecule has 1 aliphatic carbocycles. The number of aromatic nitrogens is 2. The molecule has 6 N–H and O–H groups in total. The van der Waals surface area contributed by atoms with Crippen LogP contribution in [-0.4, -0.2) is 47.3 Å². The van der Waals surface area contributed by atoms with Gasteiger partial charge in [0.05, 0.1) is 24.5 Å². The molecule has 0 spiro atoms. The molecule has 144 valence electrons. The third-order valence-electron chi connectivity index (χ3n) is 5.44. The van der Waals surface area contributed by atoms with E-state index in [2.05, 4.69) is 20.6 Å². The number of rotatable bonds is 5. The maximum Gasteiger partial charge on any atom is 0.225 e. The summed E-state index contributed by atoms with van der Waals surface area (Å²) in [4.78, 5) is 20.1. The summed E-state index contributed by atoms with van der Waals surface area (Å²) in [5, 5.41) is 6.36. The van der Waals surface area contributed by atoms with E-state index >= 15 is 0 Å². The molecule has 2 fully saturated rings. The van der Waals surface area contributed by atoms with E-state index in [1.54, 1.807) is 0 Å². The van der Waals surface area contributed by atoms with Crippen molar-refractivity contribution in [3.05, 3.63) is 6.20 Å². The van der Waals surface area contributed by atoms with Crippen LogP contribution in [0.5, 0.6) is 0 Å². The summed E-state index contributed by atoms with van der Waals surface area (Å²) in [6.07, 6.45) is 4.04. The number of nitrogens with two attached hydrogens (primary N) is 2. The quantitative estimate of drug-likeness (QED) is 0.621. The van der Waals surface area contributed by atoms with Crippen molar-refractivity contribution in [3.63, 3.8) is 0 Å². The maximum atomic E-state index is 13.9. The maximum absolute atomic E-state index is 13.9. The van der Waals surface area contributed by atoms with E-state index in [-0.39, 0.29) is 24.6 Å². The number of hydrogen-bond donors (Lipinski definition) is 4. The Morgan fingerprint density at radius 1 is 1.35 bits per heavy atom. The van der Waals surface area contributed by atoms with Crippen molar-refractivity contribution in [2.45, 2.75) is 57.3 Å². The highest BCUT2D eigenvalue weighted by molar-refractivity contribution is 5.80. The number of ether oxygens (including phenoxy) is 1. The van der Waals surface area contributed by atoms with Gasteiger partial charge in [-0.05, 0) is 32.1 Å². The molecule has 0 bridgehead atoms. The number of amides is 1. The van der Waals surface area contributed by atoms with Gasteiger partial charge in [-0.15, -0.1) is 0 Å². The van der Waals surface area contributed by atoms with E-state index in [1.807, 2.05) is 6.92 Å². The number of anilines is 3. The molecule has 26 heavy (non-hydrogen) atoms. The normalized spacial score (nSPS) is 32.0. The first-order chi connectivity index (χ1) is 12.4. The van der Waals surface area contributed by atoms with Crippen LogP contribution in [-0.2, 0) is 9.53 Å². The highest BCUT2D eigenvalue weighted by Crippen LogP contribution is 2.36. The highest BCUT2D eigenvalue weighted by atomic mass is 19.1. The molecular formula is C17H27FN6O2. The van der Waals surface area contributed by atoms with Gasteiger partial charge >= 0.3 is 0 Å². The number of halogens is 1. The highest BCUT2D eigenvalue weighted by Gasteiger charge is 2.36. The Hall–Kier alpha value is -2.16. The lowest BCUT2D eigenvalue weighted by atomic mass is 9.73. The van der Waals surface area contributed by atoms with Gasteiger partial charge in [0.1, 0.15) is 6.17 Å². The fourth-order valence-electron chi connectivity index (χ4n) is 3.45. The standard InChI is InChI=1S/C17H27FN6O2/c1-17(15(20)25)5-2-10(3-6-17)22-14-12(19)8-21-16(24-14)23-13-4-7-26-9-11(13)18/h8,10-11,13H,2-7,9,19H2,1H3,(H2,20,25)(H2,21,22,23,24)/t10?,11-,13-,17?/m1/s1. The zero-order valence-electron chi connectivity index (χ0n) is 15.0. The van der Waals surface area contributed by atoms with Crippen molar-refractivity contribution in [3.8, 4) is 0 Å². The predicted octanol–water partition coefficient (Wildman–Crippen LogP) is 1.44. The van der Waals surface area contributed by atoms with Crippen LogP contribution in [0, 0.1) is 5.41 Å². The molecule has 1 amide bonds. The molecule has 0 aromatic carbocycles. The lowest BCUT2D eigenvalue weighted by Gasteiger charge is -2.35. The SMILES string of the molecule is CC1(C(N)=O)CCC(Nc2nc(N[C@@H]3CCOC[C@H]3F)ncc2N)CC1. The second kappa shape index (κ2) is 7.61. The number of nitrogens with one attached hydrogen (secondary N) is 2. The minimum absolute atomic E-state index is 0.0818. The molecule has 2 aliphatic rings. The van der Waals surface area contributed by atoms with Crippen molar-refractivity contribution in [1.82, 2.24) is 9.97 Å². The Labute approximate surface area is 152 Å². The van der Waals surface area contributed by atoms with E-state index in [9.17, 15) is 9.18 Å². The fourth-order valence-corrected chi connectivity index (χ4v) is 3.45. The zero-order valence-corrected chi connectivity index (χ0v) is 15.0. The van der Waals surface area contributed by atoms with Crippen molar-refractivity contribution in [1.29, 1.82) is 0 Å². The molecule has 0 radical (unpaired) electrons. The number of carbonyl (C=O) groups is 1. The summed E-state index contributed by atoms with van der Waals surface area (Å²) in [6, 6.07) is -0.212. The third-order valence-corrected chi connectivity index (χ3v) is 5.44. The topological polar surface area (TPSA) is 128 Å². The van der Waals surface area contributed by atoms with Crippen molar-refractivity contribution in [2.75, 3.05) is 29.6 Å². The first-order valence-electron chi connectivity index (χ1n) is 9.05. The summed E-state index contributed by atoms with van der Waals surface area (Å²) >= 11 is 0. The molecular weight excluding hydrogens is 339 g/mol. The van der Waals surface area contributed by atoms with Gasteiger partial charge in [-0.25, -0.2) is 9.37 Å². The number of alkyl halides is 1. The summed E-state index contributed by atoms with van der Waals surface area (Å²) in [5.41, 5.74) is 11.5. The second-order valence-electron chi connectivity index (χ2n) is 7.47. The molecule has 1 aliphatic heterocycles. The van der Waals surface area contributed by atoms with Crippen molar-refractivity contribution >= 4 is 23.4 Å². The first-order valence-corrected chi connectivity index (χ1v) is 9.05. The van der Waals surface area contributed by atoms with Gasteiger partial charge < -0.3 is 26.8 Å². The van der Waals surface area contributed by atoms with E-state index < -0.39 is 11.6 Å². The van der Waals surface area contributed by atoms with Crippen LogP contribution in [0.15, 0.2) is 6.20 Å². The van der Waals surface area contributed by atoms with E-state index in [1.165, 1.54) is 6.20 Å². The van der Waals surface area contributed by atoms with Crippen LogP contribution in [0.2, 0.25) is 0 Å². The third kappa shape index (κ3) is 4.14. The molecule has 8 nitrogen and oxygen atoms in total. The zero-order chi connectivity index (χ0) is 18.7. The van der Waals surface area contributed by atoms with Gasteiger partial charge in [-0.1, -0.05) is 6.92 Å². The number of primary amides is 1. The first kappa shape index (κ1) is 18.6. The lowest BCUT2D eigenvalue weighted by Crippen LogP contribution is -2.41. The van der Waals surface area contributed by atoms with Crippen LogP contribution in [0.1, 0.15) is 39.0 Å². The molecule has 2 heterocycles. The molecule has 1 saturated heterocycles. The molecule has 9 heteroatoms. The number of carbonyl (C=O) groups excluding carboxylic acids is 1. The Kier molecular flexibility index (Phi) is 5.45. The van der Waals surface area contributed by atoms with Crippen LogP contribution in [0.25, 0.3) is 0 Å². The van der Waals surface area contributed by atoms with Gasteiger partial charge in [0.25, 0.3) is 0 Å². The largest absolute Gasteiger partial charge is 0.394 e. The van der Waals surface area contributed by atoms with Crippen LogP contribution >= 0.6 is 0 Å². The Morgan fingerprint density at radius 2 is 2.08 bits per heavy atom. The molecule has 1 saturated carbocycles.